The molecule has 4 rings (SSSR count). The molecule has 3 aromatic rings. The molecule has 1 aliphatic rings. The molecule has 1 fully saturated rings. The summed E-state index contributed by atoms with van der Waals surface area (Å²) in [4.78, 5) is 9.17. The van der Waals surface area contributed by atoms with Crippen molar-refractivity contribution in [2.75, 3.05) is 51.7 Å². The maximum atomic E-state index is 6.55. The molecule has 0 bridgehead atoms. The number of anilines is 1. The van der Waals surface area contributed by atoms with Gasteiger partial charge in [-0.25, -0.2) is 4.98 Å². The molecule has 0 spiro atoms. The first-order valence-electron chi connectivity index (χ1n) is 9.21. The Balaban J connectivity index is 0.00000150. The molecule has 2 aromatic heterocycles. The first-order valence-corrected chi connectivity index (χ1v) is 9.59. The number of pyridine rings is 1. The monoisotopic (exact) mass is 457 g/mol. The van der Waals surface area contributed by atoms with E-state index in [1.165, 1.54) is 0 Å². The average Bonchev–Trinajstić information content (AvgIpc) is 3.15. The SMILES string of the molecule is CN(C)CCn1cc(-c2ccc3nc(N4CCNCC4)c(Cl)cc3c2)nn1.Cl.Cl. The Morgan fingerprint density at radius 1 is 1.14 bits per heavy atom. The van der Waals surface area contributed by atoms with Crippen molar-refractivity contribution in [3.63, 3.8) is 0 Å². The minimum Gasteiger partial charge on any atom is -0.353 e. The summed E-state index contributed by atoms with van der Waals surface area (Å²) in [6.07, 6.45) is 1.98. The maximum absolute atomic E-state index is 6.55. The van der Waals surface area contributed by atoms with Crippen LogP contribution in [0, 0.1) is 0 Å². The summed E-state index contributed by atoms with van der Waals surface area (Å²) in [5.41, 5.74) is 2.82. The minimum atomic E-state index is 0. The van der Waals surface area contributed by atoms with Gasteiger partial charge in [-0.2, -0.15) is 0 Å². The molecule has 158 valence electrons. The number of aromatic nitrogens is 4. The van der Waals surface area contributed by atoms with Gasteiger partial charge in [0.25, 0.3) is 0 Å². The third kappa shape index (κ3) is 5.49. The van der Waals surface area contributed by atoms with Gasteiger partial charge in [0.2, 0.25) is 0 Å². The summed E-state index contributed by atoms with van der Waals surface area (Å²) in [6, 6.07) is 8.16. The predicted octanol–water partition coefficient (Wildman–Crippen LogP) is 2.96. The van der Waals surface area contributed by atoms with Gasteiger partial charge in [-0.1, -0.05) is 22.9 Å². The molecule has 29 heavy (non-hydrogen) atoms. The summed E-state index contributed by atoms with van der Waals surface area (Å²) >= 11 is 6.55. The highest BCUT2D eigenvalue weighted by Crippen LogP contribution is 2.30. The highest BCUT2D eigenvalue weighted by Gasteiger charge is 2.16. The van der Waals surface area contributed by atoms with Crippen LogP contribution in [0.5, 0.6) is 0 Å². The smallest absolute Gasteiger partial charge is 0.148 e. The molecular weight excluding hydrogens is 433 g/mol. The number of benzene rings is 1. The first kappa shape index (κ1) is 23.6. The number of rotatable bonds is 5. The van der Waals surface area contributed by atoms with Crippen molar-refractivity contribution >= 4 is 53.1 Å². The van der Waals surface area contributed by atoms with Gasteiger partial charge in [-0.05, 0) is 32.3 Å². The summed E-state index contributed by atoms with van der Waals surface area (Å²) in [6.45, 7) is 5.50. The van der Waals surface area contributed by atoms with E-state index in [4.69, 9.17) is 16.6 Å². The quantitative estimate of drug-likeness (QED) is 0.634. The predicted molar refractivity (Wildman–Crippen MR) is 124 cm³/mol. The molecule has 0 saturated carbocycles. The molecule has 1 saturated heterocycles. The van der Waals surface area contributed by atoms with E-state index in [-0.39, 0.29) is 24.8 Å². The zero-order valence-corrected chi connectivity index (χ0v) is 18.9. The summed E-state index contributed by atoms with van der Waals surface area (Å²) < 4.78 is 1.87. The van der Waals surface area contributed by atoms with Crippen molar-refractivity contribution in [3.05, 3.63) is 35.5 Å². The molecule has 0 atom stereocenters. The standard InChI is InChI=1S/C19H24ClN7.2ClH/c1-25(2)9-10-27-13-18(23-24-27)14-3-4-17-15(11-14)12-16(20)19(22-17)26-7-5-21-6-8-26;;/h3-4,11-13,21H,5-10H2,1-2H3;2*1H. The number of fused-ring (bicyclic) bond motifs is 1. The van der Waals surface area contributed by atoms with E-state index in [1.54, 1.807) is 0 Å². The van der Waals surface area contributed by atoms with Crippen LogP contribution in [0.4, 0.5) is 5.82 Å². The van der Waals surface area contributed by atoms with Gasteiger partial charge in [0.15, 0.2) is 0 Å². The Kier molecular flexibility index (Phi) is 8.48. The molecule has 1 N–H and O–H groups in total. The molecular formula is C19H26Cl3N7. The van der Waals surface area contributed by atoms with Gasteiger partial charge in [-0.3, -0.25) is 4.68 Å². The van der Waals surface area contributed by atoms with E-state index >= 15 is 0 Å². The molecule has 1 aromatic carbocycles. The lowest BCUT2D eigenvalue weighted by Crippen LogP contribution is -2.44. The third-order valence-corrected chi connectivity index (χ3v) is 5.06. The lowest BCUT2D eigenvalue weighted by molar-refractivity contribution is 0.370. The number of hydrogen-bond acceptors (Lipinski definition) is 6. The fraction of sp³-hybridized carbons (Fsp3) is 0.421. The van der Waals surface area contributed by atoms with Crippen molar-refractivity contribution in [3.8, 4) is 11.3 Å². The van der Waals surface area contributed by atoms with Gasteiger partial charge in [0.05, 0.1) is 23.3 Å². The molecule has 3 heterocycles. The number of halogens is 3. The lowest BCUT2D eigenvalue weighted by Gasteiger charge is -2.29. The largest absolute Gasteiger partial charge is 0.353 e. The molecule has 7 nitrogen and oxygen atoms in total. The Labute approximate surface area is 188 Å². The van der Waals surface area contributed by atoms with Crippen molar-refractivity contribution in [2.24, 2.45) is 0 Å². The zero-order chi connectivity index (χ0) is 18.8. The van der Waals surface area contributed by atoms with Gasteiger partial charge in [0, 0.05) is 43.7 Å². The van der Waals surface area contributed by atoms with Crippen LogP contribution in [0.2, 0.25) is 5.02 Å². The van der Waals surface area contributed by atoms with Crippen LogP contribution in [0.1, 0.15) is 0 Å². The molecule has 0 aliphatic carbocycles. The van der Waals surface area contributed by atoms with Gasteiger partial charge < -0.3 is 15.1 Å². The molecule has 0 amide bonds. The zero-order valence-electron chi connectivity index (χ0n) is 16.5. The van der Waals surface area contributed by atoms with E-state index in [2.05, 4.69) is 31.5 Å². The fourth-order valence-corrected chi connectivity index (χ4v) is 3.52. The van der Waals surface area contributed by atoms with Crippen LogP contribution in [0.3, 0.4) is 0 Å². The normalized spacial score (nSPS) is 14.0. The summed E-state index contributed by atoms with van der Waals surface area (Å²) in [5.74, 6) is 0.869. The summed E-state index contributed by atoms with van der Waals surface area (Å²) in [7, 11) is 4.10. The van der Waals surface area contributed by atoms with Crippen molar-refractivity contribution in [1.29, 1.82) is 0 Å². The Hall–Kier alpha value is -1.64. The van der Waals surface area contributed by atoms with E-state index in [0.29, 0.717) is 5.02 Å². The van der Waals surface area contributed by atoms with Crippen LogP contribution in [0.25, 0.3) is 22.2 Å². The van der Waals surface area contributed by atoms with E-state index in [1.807, 2.05) is 43.2 Å². The van der Waals surface area contributed by atoms with Crippen LogP contribution < -0.4 is 10.2 Å². The second-order valence-corrected chi connectivity index (χ2v) is 7.52. The second-order valence-electron chi connectivity index (χ2n) is 7.11. The summed E-state index contributed by atoms with van der Waals surface area (Å²) in [5, 5.41) is 13.6. The maximum Gasteiger partial charge on any atom is 0.148 e. The van der Waals surface area contributed by atoms with Crippen molar-refractivity contribution < 1.29 is 0 Å². The molecule has 0 unspecified atom stereocenters. The van der Waals surface area contributed by atoms with Crippen LogP contribution >= 0.6 is 36.4 Å². The van der Waals surface area contributed by atoms with Crippen LogP contribution in [0.15, 0.2) is 30.5 Å². The third-order valence-electron chi connectivity index (χ3n) is 4.78. The molecule has 10 heteroatoms. The van der Waals surface area contributed by atoms with E-state index < -0.39 is 0 Å². The van der Waals surface area contributed by atoms with E-state index in [9.17, 15) is 0 Å². The van der Waals surface area contributed by atoms with Gasteiger partial charge >= 0.3 is 0 Å². The first-order chi connectivity index (χ1) is 13.1. The van der Waals surface area contributed by atoms with Crippen molar-refractivity contribution in [1.82, 2.24) is 30.2 Å². The van der Waals surface area contributed by atoms with Crippen LogP contribution in [-0.2, 0) is 6.54 Å². The van der Waals surface area contributed by atoms with Gasteiger partial charge in [-0.15, -0.1) is 29.9 Å². The number of nitrogens with one attached hydrogen (secondary N) is 1. The topological polar surface area (TPSA) is 62.1 Å². The van der Waals surface area contributed by atoms with Crippen LogP contribution in [-0.4, -0.2) is 71.7 Å². The Morgan fingerprint density at radius 3 is 2.62 bits per heavy atom. The lowest BCUT2D eigenvalue weighted by atomic mass is 10.1. The molecule has 0 radical (unpaired) electrons. The van der Waals surface area contributed by atoms with E-state index in [0.717, 1.165) is 67.2 Å². The Morgan fingerprint density at radius 2 is 1.90 bits per heavy atom. The fourth-order valence-electron chi connectivity index (χ4n) is 3.24. The average molecular weight is 459 g/mol. The highest BCUT2D eigenvalue weighted by atomic mass is 35.5. The Bertz CT molecular complexity index is 939. The number of piperazine rings is 1. The highest BCUT2D eigenvalue weighted by molar-refractivity contribution is 6.33. The number of likely N-dealkylation sites (N-methyl/N-ethyl adjacent to an activating group) is 1. The minimum absolute atomic E-state index is 0. The second kappa shape index (κ2) is 10.4. The molecule has 1 aliphatic heterocycles. The van der Waals surface area contributed by atoms with Crippen molar-refractivity contribution in [2.45, 2.75) is 6.54 Å². The van der Waals surface area contributed by atoms with Gasteiger partial charge in [0.1, 0.15) is 11.5 Å². The number of nitrogens with zero attached hydrogens (tertiary/aromatic N) is 6. The number of hydrogen-bond donors (Lipinski definition) is 1.